The molecule has 0 saturated heterocycles. The molecule has 0 amide bonds. The molecule has 1 heterocycles. The highest BCUT2D eigenvalue weighted by atomic mass is 79.9. The Morgan fingerprint density at radius 1 is 1.26 bits per heavy atom. The Morgan fingerprint density at radius 2 is 2.05 bits per heavy atom. The number of hydrogen-bond donors (Lipinski definition) is 1. The number of nitrogens with one attached hydrogen (secondary N) is 1. The van der Waals surface area contributed by atoms with Gasteiger partial charge in [-0.25, -0.2) is 0 Å². The molecule has 0 unspecified atom stereocenters. The van der Waals surface area contributed by atoms with Crippen molar-refractivity contribution < 1.29 is 4.74 Å². The van der Waals surface area contributed by atoms with Crippen molar-refractivity contribution in [3.05, 3.63) is 49.6 Å². The van der Waals surface area contributed by atoms with Gasteiger partial charge in [-0.15, -0.1) is 11.3 Å². The molecule has 0 aliphatic heterocycles. The van der Waals surface area contributed by atoms with Crippen molar-refractivity contribution >= 4 is 27.3 Å². The van der Waals surface area contributed by atoms with Crippen LogP contribution in [0.1, 0.15) is 20.9 Å². The lowest BCUT2D eigenvalue weighted by molar-refractivity contribution is 0.304. The van der Waals surface area contributed by atoms with Gasteiger partial charge in [-0.2, -0.15) is 0 Å². The van der Waals surface area contributed by atoms with Crippen LogP contribution in [0.2, 0.25) is 0 Å². The summed E-state index contributed by atoms with van der Waals surface area (Å²) in [6, 6.07) is 8.36. The van der Waals surface area contributed by atoms with Crippen LogP contribution in [0.4, 0.5) is 0 Å². The van der Waals surface area contributed by atoms with Crippen molar-refractivity contribution in [2.45, 2.75) is 27.0 Å². The standard InChI is InChI=1S/C15H18BrNOS/c1-10-4-5-15(14(16)6-10)18-9-12-7-13(8-17-3)19-11(12)2/h4-7,17H,8-9H2,1-3H3. The molecule has 0 spiro atoms. The first-order valence-corrected chi connectivity index (χ1v) is 7.83. The second-order valence-corrected chi connectivity index (χ2v) is 6.74. The van der Waals surface area contributed by atoms with Gasteiger partial charge in [0.15, 0.2) is 0 Å². The Morgan fingerprint density at radius 3 is 2.74 bits per heavy atom. The zero-order valence-corrected chi connectivity index (χ0v) is 13.8. The Bertz CT molecular complexity index is 565. The lowest BCUT2D eigenvalue weighted by atomic mass is 10.2. The summed E-state index contributed by atoms with van der Waals surface area (Å²) >= 11 is 5.36. The van der Waals surface area contributed by atoms with E-state index in [9.17, 15) is 0 Å². The van der Waals surface area contributed by atoms with E-state index in [1.54, 1.807) is 0 Å². The van der Waals surface area contributed by atoms with Gasteiger partial charge in [0.05, 0.1) is 4.47 Å². The third-order valence-electron chi connectivity index (χ3n) is 2.89. The Kier molecular flexibility index (Phi) is 5.02. The molecule has 0 aliphatic carbocycles. The third-order valence-corrected chi connectivity index (χ3v) is 4.61. The molecule has 1 N–H and O–H groups in total. The lowest BCUT2D eigenvalue weighted by Gasteiger charge is -2.08. The number of thiophene rings is 1. The van der Waals surface area contributed by atoms with Crippen LogP contribution in [0.25, 0.3) is 0 Å². The van der Waals surface area contributed by atoms with Crippen LogP contribution in [0.15, 0.2) is 28.7 Å². The van der Waals surface area contributed by atoms with E-state index >= 15 is 0 Å². The smallest absolute Gasteiger partial charge is 0.134 e. The molecule has 0 fully saturated rings. The highest BCUT2D eigenvalue weighted by molar-refractivity contribution is 9.10. The van der Waals surface area contributed by atoms with Crippen molar-refractivity contribution in [3.8, 4) is 5.75 Å². The minimum atomic E-state index is 0.619. The summed E-state index contributed by atoms with van der Waals surface area (Å²) < 4.78 is 6.90. The number of hydrogen-bond acceptors (Lipinski definition) is 3. The molecule has 1 aromatic heterocycles. The van der Waals surface area contributed by atoms with E-state index in [0.29, 0.717) is 6.61 Å². The summed E-state index contributed by atoms with van der Waals surface area (Å²) in [4.78, 5) is 2.68. The monoisotopic (exact) mass is 339 g/mol. The fraction of sp³-hybridized carbons (Fsp3) is 0.333. The van der Waals surface area contributed by atoms with E-state index in [4.69, 9.17) is 4.74 Å². The normalized spacial score (nSPS) is 10.7. The fourth-order valence-corrected chi connectivity index (χ4v) is 3.54. The largest absolute Gasteiger partial charge is 0.488 e. The first-order chi connectivity index (χ1) is 9.10. The maximum atomic E-state index is 5.89. The maximum Gasteiger partial charge on any atom is 0.134 e. The van der Waals surface area contributed by atoms with E-state index in [2.05, 4.69) is 53.3 Å². The Hall–Kier alpha value is -0.840. The van der Waals surface area contributed by atoms with E-state index in [1.807, 2.05) is 24.5 Å². The number of halogens is 1. The third kappa shape index (κ3) is 3.81. The minimum Gasteiger partial charge on any atom is -0.488 e. The topological polar surface area (TPSA) is 21.3 Å². The molecule has 4 heteroatoms. The quantitative estimate of drug-likeness (QED) is 0.870. The summed E-state index contributed by atoms with van der Waals surface area (Å²) in [6.07, 6.45) is 0. The van der Waals surface area contributed by atoms with Crippen molar-refractivity contribution in [1.29, 1.82) is 0 Å². The van der Waals surface area contributed by atoms with Crippen LogP contribution >= 0.6 is 27.3 Å². The summed E-state index contributed by atoms with van der Waals surface area (Å²) in [5.41, 5.74) is 2.49. The van der Waals surface area contributed by atoms with E-state index in [-0.39, 0.29) is 0 Å². The van der Waals surface area contributed by atoms with Crippen LogP contribution in [0.3, 0.4) is 0 Å². The molecule has 2 aromatic rings. The summed E-state index contributed by atoms with van der Waals surface area (Å²) in [7, 11) is 1.97. The molecule has 2 nitrogen and oxygen atoms in total. The average Bonchev–Trinajstić information content (AvgIpc) is 2.69. The van der Waals surface area contributed by atoms with Gasteiger partial charge in [-0.05, 0) is 60.6 Å². The van der Waals surface area contributed by atoms with Crippen LogP contribution in [-0.2, 0) is 13.2 Å². The van der Waals surface area contributed by atoms with Crippen LogP contribution in [0, 0.1) is 13.8 Å². The molecule has 0 saturated carbocycles. The van der Waals surface area contributed by atoms with E-state index in [1.165, 1.54) is 20.9 Å². The molecule has 0 atom stereocenters. The SMILES string of the molecule is CNCc1cc(COc2ccc(C)cc2Br)c(C)s1. The highest BCUT2D eigenvalue weighted by Crippen LogP contribution is 2.28. The minimum absolute atomic E-state index is 0.619. The van der Waals surface area contributed by atoms with Gasteiger partial charge < -0.3 is 10.1 Å². The fourth-order valence-electron chi connectivity index (χ4n) is 1.87. The zero-order chi connectivity index (χ0) is 13.8. The van der Waals surface area contributed by atoms with Gasteiger partial charge in [0.2, 0.25) is 0 Å². The van der Waals surface area contributed by atoms with Crippen molar-refractivity contribution in [2.75, 3.05) is 7.05 Å². The van der Waals surface area contributed by atoms with Crippen LogP contribution in [-0.4, -0.2) is 7.05 Å². The maximum absolute atomic E-state index is 5.89. The van der Waals surface area contributed by atoms with Crippen molar-refractivity contribution in [1.82, 2.24) is 5.32 Å². The molecular weight excluding hydrogens is 322 g/mol. The van der Waals surface area contributed by atoms with Gasteiger partial charge in [0, 0.05) is 21.9 Å². The van der Waals surface area contributed by atoms with E-state index in [0.717, 1.165) is 16.8 Å². The molecule has 2 rings (SSSR count). The van der Waals surface area contributed by atoms with E-state index < -0.39 is 0 Å². The highest BCUT2D eigenvalue weighted by Gasteiger charge is 2.07. The Labute approximate surface area is 126 Å². The second kappa shape index (κ2) is 6.55. The first kappa shape index (κ1) is 14.6. The molecule has 0 radical (unpaired) electrons. The van der Waals surface area contributed by atoms with Gasteiger partial charge in [-0.3, -0.25) is 0 Å². The molecule has 102 valence electrons. The number of ether oxygens (including phenoxy) is 1. The molecule has 1 aromatic carbocycles. The number of aryl methyl sites for hydroxylation is 2. The van der Waals surface area contributed by atoms with Crippen LogP contribution in [0.5, 0.6) is 5.75 Å². The number of benzene rings is 1. The predicted molar refractivity (Wildman–Crippen MR) is 85.0 cm³/mol. The van der Waals surface area contributed by atoms with Gasteiger partial charge >= 0.3 is 0 Å². The number of rotatable bonds is 5. The van der Waals surface area contributed by atoms with Gasteiger partial charge in [0.25, 0.3) is 0 Å². The average molecular weight is 340 g/mol. The molecule has 0 aliphatic rings. The predicted octanol–water partition coefficient (Wildman–Crippen LogP) is 4.43. The van der Waals surface area contributed by atoms with Crippen molar-refractivity contribution in [3.63, 3.8) is 0 Å². The molecule has 0 bridgehead atoms. The second-order valence-electron chi connectivity index (χ2n) is 4.55. The van der Waals surface area contributed by atoms with Gasteiger partial charge in [-0.1, -0.05) is 6.07 Å². The van der Waals surface area contributed by atoms with Crippen molar-refractivity contribution in [2.24, 2.45) is 0 Å². The first-order valence-electron chi connectivity index (χ1n) is 6.22. The lowest BCUT2D eigenvalue weighted by Crippen LogP contribution is -2.02. The molecule has 19 heavy (non-hydrogen) atoms. The molecular formula is C15H18BrNOS. The zero-order valence-electron chi connectivity index (χ0n) is 11.4. The summed E-state index contributed by atoms with van der Waals surface area (Å²) in [5, 5.41) is 3.18. The van der Waals surface area contributed by atoms with Gasteiger partial charge in [0.1, 0.15) is 12.4 Å². The van der Waals surface area contributed by atoms with Crippen LogP contribution < -0.4 is 10.1 Å². The Balaban J connectivity index is 2.05. The summed E-state index contributed by atoms with van der Waals surface area (Å²) in [5.74, 6) is 0.895. The summed E-state index contributed by atoms with van der Waals surface area (Å²) in [6.45, 7) is 5.75.